The molecule has 2 aromatic rings. The van der Waals surface area contributed by atoms with Gasteiger partial charge in [0.15, 0.2) is 0 Å². The van der Waals surface area contributed by atoms with Crippen LogP contribution in [-0.4, -0.2) is 71.8 Å². The van der Waals surface area contributed by atoms with Crippen LogP contribution in [0, 0.1) is 0 Å². The summed E-state index contributed by atoms with van der Waals surface area (Å²) in [5.74, 6) is 0.230. The fourth-order valence-electron chi connectivity index (χ4n) is 3.49. The molecule has 2 aliphatic rings. The molecule has 7 heteroatoms. The number of thiophene rings is 1. The molecule has 0 aliphatic carbocycles. The van der Waals surface area contributed by atoms with E-state index in [2.05, 4.69) is 20.8 Å². The lowest BCUT2D eigenvalue weighted by molar-refractivity contribution is 0.00879. The van der Waals surface area contributed by atoms with Crippen LogP contribution in [0.15, 0.2) is 46.3 Å². The molecule has 0 bridgehead atoms. The maximum atomic E-state index is 12.5. The second-order valence-corrected chi connectivity index (χ2v) is 9.12. The Bertz CT molecular complexity index is 796. The third-order valence-electron chi connectivity index (χ3n) is 5.07. The van der Waals surface area contributed by atoms with Gasteiger partial charge in [-0.15, -0.1) is 11.3 Å². The van der Waals surface area contributed by atoms with Crippen molar-refractivity contribution >= 4 is 39.1 Å². The average molecular weight is 434 g/mol. The number of hydrogen-bond donors (Lipinski definition) is 0. The van der Waals surface area contributed by atoms with Crippen molar-refractivity contribution in [3.05, 3.63) is 56.7 Å². The predicted molar refractivity (Wildman–Crippen MR) is 106 cm³/mol. The molecule has 3 heterocycles. The van der Waals surface area contributed by atoms with Crippen LogP contribution in [0.1, 0.15) is 20.0 Å². The third-order valence-corrected chi connectivity index (χ3v) is 6.68. The molecule has 5 nitrogen and oxygen atoms in total. The lowest BCUT2D eigenvalue weighted by Crippen LogP contribution is -2.64. The highest BCUT2D eigenvalue weighted by Crippen LogP contribution is 2.26. The first-order valence-corrected chi connectivity index (χ1v) is 10.4. The summed E-state index contributed by atoms with van der Waals surface area (Å²) in [5, 5.41) is 0. The minimum atomic E-state index is 0.110. The molecule has 0 unspecified atom stereocenters. The molecule has 2 saturated heterocycles. The van der Waals surface area contributed by atoms with E-state index in [-0.39, 0.29) is 11.8 Å². The quantitative estimate of drug-likeness (QED) is 0.747. The highest BCUT2D eigenvalue weighted by molar-refractivity contribution is 9.11. The molecule has 2 fully saturated rings. The van der Waals surface area contributed by atoms with E-state index in [0.29, 0.717) is 6.04 Å². The first kappa shape index (κ1) is 17.7. The molecule has 26 heavy (non-hydrogen) atoms. The fraction of sp³-hybridized carbons (Fsp3) is 0.368. The van der Waals surface area contributed by atoms with E-state index in [1.165, 1.54) is 11.3 Å². The van der Waals surface area contributed by atoms with Gasteiger partial charge in [-0.2, -0.15) is 0 Å². The van der Waals surface area contributed by atoms with Gasteiger partial charge in [0.2, 0.25) is 0 Å². The summed E-state index contributed by atoms with van der Waals surface area (Å²) < 4.78 is 0.983. The van der Waals surface area contributed by atoms with E-state index < -0.39 is 0 Å². The van der Waals surface area contributed by atoms with E-state index in [9.17, 15) is 9.59 Å². The first-order valence-electron chi connectivity index (χ1n) is 8.75. The number of nitrogens with zero attached hydrogens (tertiary/aromatic N) is 3. The second-order valence-electron chi connectivity index (χ2n) is 6.66. The van der Waals surface area contributed by atoms with E-state index in [0.717, 1.165) is 53.5 Å². The molecule has 1 aromatic heterocycles. The summed E-state index contributed by atoms with van der Waals surface area (Å²) in [4.78, 5) is 31.9. The average Bonchev–Trinajstić information content (AvgIpc) is 3.07. The zero-order chi connectivity index (χ0) is 18.1. The Morgan fingerprint density at radius 3 is 2.19 bits per heavy atom. The lowest BCUT2D eigenvalue weighted by Gasteiger charge is -2.48. The number of benzene rings is 1. The maximum absolute atomic E-state index is 12.5. The molecule has 0 spiro atoms. The number of likely N-dealkylation sites (tertiary alicyclic amines) is 1. The van der Waals surface area contributed by atoms with Gasteiger partial charge in [0.1, 0.15) is 0 Å². The molecule has 0 radical (unpaired) electrons. The van der Waals surface area contributed by atoms with E-state index in [1.54, 1.807) is 0 Å². The van der Waals surface area contributed by atoms with Gasteiger partial charge in [0, 0.05) is 50.9 Å². The molecular formula is C19H20BrN3O2S. The van der Waals surface area contributed by atoms with Crippen molar-refractivity contribution < 1.29 is 9.59 Å². The maximum Gasteiger partial charge on any atom is 0.264 e. The Hall–Kier alpha value is -1.70. The van der Waals surface area contributed by atoms with Crippen molar-refractivity contribution in [2.24, 2.45) is 0 Å². The molecule has 4 rings (SSSR count). The monoisotopic (exact) mass is 433 g/mol. The van der Waals surface area contributed by atoms with Gasteiger partial charge < -0.3 is 9.80 Å². The zero-order valence-electron chi connectivity index (χ0n) is 14.3. The van der Waals surface area contributed by atoms with Gasteiger partial charge in [-0.3, -0.25) is 14.5 Å². The van der Waals surface area contributed by atoms with Gasteiger partial charge in [0.25, 0.3) is 11.8 Å². The van der Waals surface area contributed by atoms with Crippen molar-refractivity contribution in [2.45, 2.75) is 6.04 Å². The van der Waals surface area contributed by atoms with Crippen LogP contribution in [0.25, 0.3) is 0 Å². The van der Waals surface area contributed by atoms with E-state index in [1.807, 2.05) is 52.3 Å². The molecule has 1 aromatic carbocycles. The summed E-state index contributed by atoms with van der Waals surface area (Å²) in [6.07, 6.45) is 0. The van der Waals surface area contributed by atoms with Crippen LogP contribution in [0.2, 0.25) is 0 Å². The summed E-state index contributed by atoms with van der Waals surface area (Å²) in [6.45, 7) is 4.79. The molecule has 136 valence electrons. The Labute approximate surface area is 165 Å². The van der Waals surface area contributed by atoms with Gasteiger partial charge in [0.05, 0.1) is 8.66 Å². The smallest absolute Gasteiger partial charge is 0.264 e. The fourth-order valence-corrected chi connectivity index (χ4v) is 4.84. The summed E-state index contributed by atoms with van der Waals surface area (Å²) in [6, 6.07) is 13.7. The molecule has 2 aliphatic heterocycles. The lowest BCUT2D eigenvalue weighted by atomic mass is 10.1. The summed E-state index contributed by atoms with van der Waals surface area (Å²) in [7, 11) is 0. The van der Waals surface area contributed by atoms with Crippen molar-refractivity contribution in [1.82, 2.24) is 14.7 Å². The largest absolute Gasteiger partial charge is 0.336 e. The van der Waals surface area contributed by atoms with Crippen LogP contribution < -0.4 is 0 Å². The number of carbonyl (C=O) groups is 2. The van der Waals surface area contributed by atoms with Gasteiger partial charge >= 0.3 is 0 Å². The van der Waals surface area contributed by atoms with Crippen LogP contribution in [0.3, 0.4) is 0 Å². The molecule has 2 amide bonds. The Balaban J connectivity index is 1.26. The Kier molecular flexibility index (Phi) is 5.11. The number of hydrogen-bond acceptors (Lipinski definition) is 4. The zero-order valence-corrected chi connectivity index (χ0v) is 16.7. The van der Waals surface area contributed by atoms with Crippen LogP contribution in [-0.2, 0) is 0 Å². The molecule has 0 atom stereocenters. The number of rotatable bonds is 3. The summed E-state index contributed by atoms with van der Waals surface area (Å²) >= 11 is 4.88. The van der Waals surface area contributed by atoms with E-state index >= 15 is 0 Å². The standard InChI is InChI=1S/C19H20BrN3O2S/c20-17-7-6-16(26-17)19(25)23-12-15(13-23)21-8-10-22(11-9-21)18(24)14-4-2-1-3-5-14/h1-7,15H,8-13H2. The first-order chi connectivity index (χ1) is 12.6. The second kappa shape index (κ2) is 7.50. The highest BCUT2D eigenvalue weighted by Gasteiger charge is 2.37. The number of halogens is 1. The van der Waals surface area contributed by atoms with Crippen LogP contribution in [0.5, 0.6) is 0 Å². The Morgan fingerprint density at radius 2 is 1.58 bits per heavy atom. The molecule has 0 saturated carbocycles. The SMILES string of the molecule is O=C(c1ccccc1)N1CCN(C2CN(C(=O)c3ccc(Br)s3)C2)CC1. The predicted octanol–water partition coefficient (Wildman–Crippen LogP) is 2.79. The van der Waals surface area contributed by atoms with Crippen LogP contribution >= 0.6 is 27.3 Å². The van der Waals surface area contributed by atoms with Crippen molar-refractivity contribution in [3.63, 3.8) is 0 Å². The van der Waals surface area contributed by atoms with Crippen LogP contribution in [0.4, 0.5) is 0 Å². The van der Waals surface area contributed by atoms with Crippen molar-refractivity contribution in [3.8, 4) is 0 Å². The van der Waals surface area contributed by atoms with Gasteiger partial charge in [-0.1, -0.05) is 18.2 Å². The summed E-state index contributed by atoms with van der Waals surface area (Å²) in [5.41, 5.74) is 0.753. The minimum Gasteiger partial charge on any atom is -0.336 e. The highest BCUT2D eigenvalue weighted by atomic mass is 79.9. The molecular weight excluding hydrogens is 414 g/mol. The molecule has 0 N–H and O–H groups in total. The topological polar surface area (TPSA) is 43.9 Å². The number of carbonyl (C=O) groups excluding carboxylic acids is 2. The number of piperazine rings is 1. The number of amides is 2. The third kappa shape index (κ3) is 3.56. The minimum absolute atomic E-state index is 0.110. The van der Waals surface area contributed by atoms with Gasteiger partial charge in [-0.25, -0.2) is 0 Å². The van der Waals surface area contributed by atoms with Crippen molar-refractivity contribution in [2.75, 3.05) is 39.3 Å². The van der Waals surface area contributed by atoms with Crippen molar-refractivity contribution in [1.29, 1.82) is 0 Å². The van der Waals surface area contributed by atoms with E-state index in [4.69, 9.17) is 0 Å². The Morgan fingerprint density at radius 1 is 0.885 bits per heavy atom. The normalized spacial score (nSPS) is 18.7. The van der Waals surface area contributed by atoms with Gasteiger partial charge in [-0.05, 0) is 40.2 Å².